The van der Waals surface area contributed by atoms with Crippen LogP contribution in [0.1, 0.15) is 31.0 Å². The number of aliphatic hydroxyl groups excluding tert-OH is 1. The molecule has 0 radical (unpaired) electrons. The number of aliphatic hydroxyl groups is 1. The van der Waals surface area contributed by atoms with E-state index in [1.807, 2.05) is 36.1 Å². The molecule has 4 rings (SSSR count). The Morgan fingerprint density at radius 2 is 2.07 bits per heavy atom. The van der Waals surface area contributed by atoms with Crippen LogP contribution in [0.5, 0.6) is 0 Å². The molecule has 8 heteroatoms. The number of amides is 3. The average Bonchev–Trinajstić information content (AvgIpc) is 3.32. The lowest BCUT2D eigenvalue weighted by Crippen LogP contribution is -2.31. The number of carbonyl (C=O) groups is 2. The van der Waals surface area contributed by atoms with Gasteiger partial charge < -0.3 is 20.2 Å². The van der Waals surface area contributed by atoms with Gasteiger partial charge in [-0.3, -0.25) is 9.48 Å². The van der Waals surface area contributed by atoms with E-state index in [0.717, 1.165) is 23.4 Å². The van der Waals surface area contributed by atoms with E-state index in [-0.39, 0.29) is 24.6 Å². The molecular weight excluding hydrogens is 346 g/mol. The van der Waals surface area contributed by atoms with Crippen molar-refractivity contribution in [2.45, 2.75) is 45.4 Å². The number of aromatic nitrogens is 2. The molecule has 27 heavy (non-hydrogen) atoms. The van der Waals surface area contributed by atoms with E-state index in [2.05, 4.69) is 10.4 Å². The maximum absolute atomic E-state index is 12.6. The van der Waals surface area contributed by atoms with Gasteiger partial charge in [0.1, 0.15) is 0 Å². The van der Waals surface area contributed by atoms with Gasteiger partial charge in [-0.2, -0.15) is 5.10 Å². The molecule has 0 unspecified atom stereocenters. The van der Waals surface area contributed by atoms with Gasteiger partial charge in [-0.05, 0) is 37.6 Å². The molecule has 1 fully saturated rings. The highest BCUT2D eigenvalue weighted by atomic mass is 16.3. The number of nitrogens with one attached hydrogen (secondary N) is 1. The number of hydrogen-bond donors (Lipinski definition) is 2. The molecule has 0 spiro atoms. The molecule has 3 amide bonds. The Kier molecular flexibility index (Phi) is 4.57. The summed E-state index contributed by atoms with van der Waals surface area (Å²) in [4.78, 5) is 28.1. The molecule has 0 aliphatic carbocycles. The van der Waals surface area contributed by atoms with Gasteiger partial charge in [-0.25, -0.2) is 4.79 Å². The lowest BCUT2D eigenvalue weighted by atomic mass is 10.2. The van der Waals surface area contributed by atoms with E-state index in [1.165, 1.54) is 0 Å². The molecule has 0 bridgehead atoms. The topological polar surface area (TPSA) is 90.7 Å². The standard InChI is InChI=1S/C19H23N5O3/c1-13-2-7-18(26)24(13)16-5-3-15(4-6-16)21-19(27)22-11-14-10-20-23(8-9-25)17(14)12-22/h3-6,10,13,25H,2,7-9,11-12H2,1H3,(H,21,27)/t13-/m0/s1. The highest BCUT2D eigenvalue weighted by Gasteiger charge is 2.29. The van der Waals surface area contributed by atoms with Crippen LogP contribution in [-0.2, 0) is 24.4 Å². The zero-order chi connectivity index (χ0) is 19.0. The zero-order valence-electron chi connectivity index (χ0n) is 15.3. The number of rotatable bonds is 4. The molecular formula is C19H23N5O3. The zero-order valence-corrected chi connectivity index (χ0v) is 15.3. The van der Waals surface area contributed by atoms with Crippen molar-refractivity contribution in [1.29, 1.82) is 0 Å². The molecule has 1 aromatic carbocycles. The number of fused-ring (bicyclic) bond motifs is 1. The number of urea groups is 1. The average molecular weight is 369 g/mol. The molecule has 2 aliphatic rings. The summed E-state index contributed by atoms with van der Waals surface area (Å²) in [7, 11) is 0. The Hall–Kier alpha value is -2.87. The van der Waals surface area contributed by atoms with Gasteiger partial charge in [0.15, 0.2) is 0 Å². The second-order valence-electron chi connectivity index (χ2n) is 7.05. The smallest absolute Gasteiger partial charge is 0.322 e. The van der Waals surface area contributed by atoms with Crippen LogP contribution in [0.15, 0.2) is 30.5 Å². The van der Waals surface area contributed by atoms with Crippen molar-refractivity contribution in [1.82, 2.24) is 14.7 Å². The molecule has 8 nitrogen and oxygen atoms in total. The number of benzene rings is 1. The van der Waals surface area contributed by atoms with Crippen molar-refractivity contribution >= 4 is 23.3 Å². The van der Waals surface area contributed by atoms with Crippen LogP contribution < -0.4 is 10.2 Å². The number of hydrogen-bond acceptors (Lipinski definition) is 4. The van der Waals surface area contributed by atoms with Crippen molar-refractivity contribution in [2.75, 3.05) is 16.8 Å². The molecule has 1 atom stereocenters. The molecule has 1 saturated heterocycles. The van der Waals surface area contributed by atoms with Crippen molar-refractivity contribution in [3.05, 3.63) is 41.7 Å². The Morgan fingerprint density at radius 3 is 2.74 bits per heavy atom. The van der Waals surface area contributed by atoms with E-state index >= 15 is 0 Å². The minimum Gasteiger partial charge on any atom is -0.394 e. The largest absolute Gasteiger partial charge is 0.394 e. The van der Waals surface area contributed by atoms with Crippen molar-refractivity contribution in [3.8, 4) is 0 Å². The monoisotopic (exact) mass is 369 g/mol. The molecule has 2 N–H and O–H groups in total. The van der Waals surface area contributed by atoms with E-state index in [4.69, 9.17) is 5.11 Å². The van der Waals surface area contributed by atoms with Gasteiger partial charge in [0.2, 0.25) is 5.91 Å². The molecule has 0 saturated carbocycles. The summed E-state index contributed by atoms with van der Waals surface area (Å²) in [5, 5.41) is 16.2. The van der Waals surface area contributed by atoms with Gasteiger partial charge in [0.05, 0.1) is 38.1 Å². The second kappa shape index (κ2) is 7.03. The Labute approximate surface area is 157 Å². The maximum Gasteiger partial charge on any atom is 0.322 e. The van der Waals surface area contributed by atoms with Gasteiger partial charge in [0.25, 0.3) is 0 Å². The van der Waals surface area contributed by atoms with Gasteiger partial charge in [0, 0.05) is 29.4 Å². The summed E-state index contributed by atoms with van der Waals surface area (Å²) in [5.41, 5.74) is 3.53. The van der Waals surface area contributed by atoms with Gasteiger partial charge in [-0.1, -0.05) is 0 Å². The predicted molar refractivity (Wildman–Crippen MR) is 100 cm³/mol. The van der Waals surface area contributed by atoms with Crippen LogP contribution in [0.3, 0.4) is 0 Å². The molecule has 1 aromatic heterocycles. The Morgan fingerprint density at radius 1 is 1.30 bits per heavy atom. The van der Waals surface area contributed by atoms with Crippen LogP contribution >= 0.6 is 0 Å². The third-order valence-corrected chi connectivity index (χ3v) is 5.22. The Balaban J connectivity index is 1.40. The van der Waals surface area contributed by atoms with Crippen LogP contribution in [0.25, 0.3) is 0 Å². The quantitative estimate of drug-likeness (QED) is 0.862. The van der Waals surface area contributed by atoms with Crippen LogP contribution in [0, 0.1) is 0 Å². The highest BCUT2D eigenvalue weighted by Crippen LogP contribution is 2.28. The molecule has 3 heterocycles. The number of nitrogens with zero attached hydrogens (tertiary/aromatic N) is 4. The second-order valence-corrected chi connectivity index (χ2v) is 7.05. The molecule has 142 valence electrons. The van der Waals surface area contributed by atoms with Crippen LogP contribution in [-0.4, -0.2) is 44.4 Å². The van der Waals surface area contributed by atoms with Crippen LogP contribution in [0.2, 0.25) is 0 Å². The minimum atomic E-state index is -0.180. The van der Waals surface area contributed by atoms with Crippen molar-refractivity contribution in [3.63, 3.8) is 0 Å². The Bertz CT molecular complexity index is 861. The normalized spacial score (nSPS) is 18.9. The lowest BCUT2D eigenvalue weighted by molar-refractivity contribution is -0.117. The van der Waals surface area contributed by atoms with Crippen molar-refractivity contribution in [2.24, 2.45) is 0 Å². The number of anilines is 2. The minimum absolute atomic E-state index is 0.0187. The van der Waals surface area contributed by atoms with E-state index in [9.17, 15) is 9.59 Å². The fourth-order valence-corrected chi connectivity index (χ4v) is 3.77. The molecule has 2 aliphatic heterocycles. The third-order valence-electron chi connectivity index (χ3n) is 5.22. The first-order chi connectivity index (χ1) is 13.1. The summed E-state index contributed by atoms with van der Waals surface area (Å²) in [6.45, 7) is 3.47. The summed E-state index contributed by atoms with van der Waals surface area (Å²) in [5.74, 6) is 0.144. The van der Waals surface area contributed by atoms with E-state index < -0.39 is 0 Å². The highest BCUT2D eigenvalue weighted by molar-refractivity contribution is 5.96. The van der Waals surface area contributed by atoms with Gasteiger partial charge in [-0.15, -0.1) is 0 Å². The van der Waals surface area contributed by atoms with Crippen LogP contribution in [0.4, 0.5) is 16.2 Å². The fourth-order valence-electron chi connectivity index (χ4n) is 3.77. The van der Waals surface area contributed by atoms with E-state index in [0.29, 0.717) is 31.7 Å². The van der Waals surface area contributed by atoms with E-state index in [1.54, 1.807) is 15.8 Å². The third kappa shape index (κ3) is 3.28. The maximum atomic E-state index is 12.6. The number of carbonyl (C=O) groups excluding carboxylic acids is 2. The summed E-state index contributed by atoms with van der Waals surface area (Å²) < 4.78 is 1.74. The first kappa shape index (κ1) is 17.5. The van der Waals surface area contributed by atoms with Crippen molar-refractivity contribution < 1.29 is 14.7 Å². The predicted octanol–water partition coefficient (Wildman–Crippen LogP) is 1.94. The lowest BCUT2D eigenvalue weighted by Gasteiger charge is -2.22. The summed E-state index contributed by atoms with van der Waals surface area (Å²) >= 11 is 0. The summed E-state index contributed by atoms with van der Waals surface area (Å²) in [6.07, 6.45) is 3.21. The first-order valence-corrected chi connectivity index (χ1v) is 9.19. The summed E-state index contributed by atoms with van der Waals surface area (Å²) in [6, 6.07) is 7.41. The SMILES string of the molecule is C[C@H]1CCC(=O)N1c1ccc(NC(=O)N2Cc3cnn(CCO)c3C2)cc1. The fraction of sp³-hybridized carbons (Fsp3) is 0.421. The first-order valence-electron chi connectivity index (χ1n) is 9.19. The van der Waals surface area contributed by atoms with Gasteiger partial charge >= 0.3 is 6.03 Å². The molecule has 2 aromatic rings.